The van der Waals surface area contributed by atoms with Crippen molar-refractivity contribution in [3.8, 4) is 5.75 Å². The number of hydrogen-bond donors (Lipinski definition) is 0. The summed E-state index contributed by atoms with van der Waals surface area (Å²) in [5.41, 5.74) is 1.21. The highest BCUT2D eigenvalue weighted by Gasteiger charge is 2.17. The molecule has 0 aliphatic heterocycles. The number of esters is 1. The third-order valence-corrected chi connectivity index (χ3v) is 3.30. The Morgan fingerprint density at radius 1 is 1.26 bits per heavy atom. The van der Waals surface area contributed by atoms with Crippen LogP contribution in [0.5, 0.6) is 5.75 Å². The Morgan fingerprint density at radius 3 is 2.53 bits per heavy atom. The number of hydrogen-bond acceptors (Lipinski definition) is 6. The molecule has 0 unspecified atom stereocenters. The number of nitrogens with zero attached hydrogens (tertiary/aromatic N) is 2. The van der Waals surface area contributed by atoms with Gasteiger partial charge in [0.05, 0.1) is 5.69 Å². The van der Waals surface area contributed by atoms with Crippen molar-refractivity contribution in [1.29, 1.82) is 0 Å². The minimum absolute atomic E-state index is 0.0298. The zero-order valence-corrected chi connectivity index (χ0v) is 11.4. The number of rotatable bonds is 4. The molecule has 0 spiro atoms. The van der Waals surface area contributed by atoms with Crippen molar-refractivity contribution in [2.24, 2.45) is 0 Å². The second-order valence-corrected chi connectivity index (χ2v) is 4.63. The SMILES string of the molecule is CCc1nnsc1C(=O)Oc1ccc(C(C)=O)cc1. The third kappa shape index (κ3) is 3.03. The lowest BCUT2D eigenvalue weighted by molar-refractivity contribution is 0.0738. The number of ether oxygens (including phenoxy) is 1. The normalized spacial score (nSPS) is 10.2. The number of Topliss-reactive ketones (excluding diaryl/α,β-unsaturated/α-hetero) is 1. The highest BCUT2D eigenvalue weighted by molar-refractivity contribution is 7.07. The number of benzene rings is 1. The fourth-order valence-electron chi connectivity index (χ4n) is 1.51. The summed E-state index contributed by atoms with van der Waals surface area (Å²) in [6, 6.07) is 6.43. The summed E-state index contributed by atoms with van der Waals surface area (Å²) in [6.07, 6.45) is 0.629. The third-order valence-electron chi connectivity index (χ3n) is 2.55. The molecule has 6 heteroatoms. The molecule has 19 heavy (non-hydrogen) atoms. The van der Waals surface area contributed by atoms with E-state index in [1.165, 1.54) is 6.92 Å². The topological polar surface area (TPSA) is 69.2 Å². The van der Waals surface area contributed by atoms with E-state index >= 15 is 0 Å². The van der Waals surface area contributed by atoms with Crippen LogP contribution in [-0.2, 0) is 6.42 Å². The van der Waals surface area contributed by atoms with E-state index in [9.17, 15) is 9.59 Å². The predicted molar refractivity (Wildman–Crippen MR) is 70.7 cm³/mol. The Kier molecular flexibility index (Phi) is 4.01. The smallest absolute Gasteiger partial charge is 0.357 e. The number of aryl methyl sites for hydroxylation is 1. The van der Waals surface area contributed by atoms with Gasteiger partial charge in [-0.15, -0.1) is 5.10 Å². The van der Waals surface area contributed by atoms with Crippen molar-refractivity contribution in [3.05, 3.63) is 40.4 Å². The van der Waals surface area contributed by atoms with Crippen molar-refractivity contribution < 1.29 is 14.3 Å². The largest absolute Gasteiger partial charge is 0.422 e. The molecule has 0 N–H and O–H groups in total. The van der Waals surface area contributed by atoms with Gasteiger partial charge in [0.2, 0.25) is 0 Å². The molecule has 1 aromatic carbocycles. The van der Waals surface area contributed by atoms with E-state index in [0.29, 0.717) is 28.3 Å². The molecule has 1 heterocycles. The number of ketones is 1. The molecular formula is C13H12N2O3S. The van der Waals surface area contributed by atoms with Crippen LogP contribution in [0.2, 0.25) is 0 Å². The minimum Gasteiger partial charge on any atom is -0.422 e. The Labute approximate surface area is 114 Å². The summed E-state index contributed by atoms with van der Waals surface area (Å²) in [5.74, 6) is -0.106. The van der Waals surface area contributed by atoms with Crippen LogP contribution < -0.4 is 4.74 Å². The Balaban J connectivity index is 2.13. The van der Waals surface area contributed by atoms with E-state index < -0.39 is 5.97 Å². The summed E-state index contributed by atoms with van der Waals surface area (Å²) >= 11 is 1.02. The predicted octanol–water partition coefficient (Wildman–Crippen LogP) is 2.52. The first-order chi connectivity index (χ1) is 9.11. The molecule has 0 fully saturated rings. The van der Waals surface area contributed by atoms with Crippen molar-refractivity contribution in [2.75, 3.05) is 0 Å². The van der Waals surface area contributed by atoms with Gasteiger partial charge in [-0.2, -0.15) is 0 Å². The van der Waals surface area contributed by atoms with E-state index in [1.807, 2.05) is 6.92 Å². The summed E-state index contributed by atoms with van der Waals surface area (Å²) in [5, 5.41) is 3.86. The lowest BCUT2D eigenvalue weighted by Crippen LogP contribution is -2.09. The molecule has 98 valence electrons. The number of carbonyl (C=O) groups is 2. The first kappa shape index (κ1) is 13.4. The van der Waals surface area contributed by atoms with Crippen molar-refractivity contribution in [1.82, 2.24) is 9.59 Å². The molecule has 0 amide bonds. The highest BCUT2D eigenvalue weighted by atomic mass is 32.1. The maximum Gasteiger partial charge on any atom is 0.357 e. The molecule has 0 radical (unpaired) electrons. The lowest BCUT2D eigenvalue weighted by atomic mass is 10.1. The summed E-state index contributed by atoms with van der Waals surface area (Å²) in [6.45, 7) is 3.38. The molecule has 0 bridgehead atoms. The van der Waals surface area contributed by atoms with Gasteiger partial charge in [-0.3, -0.25) is 4.79 Å². The van der Waals surface area contributed by atoms with Gasteiger partial charge in [-0.1, -0.05) is 11.4 Å². The molecule has 0 atom stereocenters. The standard InChI is InChI=1S/C13H12N2O3S/c1-3-11-12(19-15-14-11)13(17)18-10-6-4-9(5-7-10)8(2)16/h4-7H,3H2,1-2H3. The van der Waals surface area contributed by atoms with Gasteiger partial charge >= 0.3 is 5.97 Å². The Morgan fingerprint density at radius 2 is 1.95 bits per heavy atom. The van der Waals surface area contributed by atoms with Crippen LogP contribution in [0.4, 0.5) is 0 Å². The molecule has 0 aliphatic carbocycles. The molecule has 2 rings (SSSR count). The fourth-order valence-corrected chi connectivity index (χ4v) is 2.13. The maximum absolute atomic E-state index is 11.9. The van der Waals surface area contributed by atoms with Crippen molar-refractivity contribution in [2.45, 2.75) is 20.3 Å². The van der Waals surface area contributed by atoms with E-state index in [2.05, 4.69) is 9.59 Å². The molecule has 1 aromatic heterocycles. The summed E-state index contributed by atoms with van der Waals surface area (Å²) in [4.78, 5) is 23.5. The van der Waals surface area contributed by atoms with Gasteiger partial charge in [0, 0.05) is 5.56 Å². The first-order valence-corrected chi connectivity index (χ1v) is 6.53. The van der Waals surface area contributed by atoms with E-state index in [1.54, 1.807) is 24.3 Å². The van der Waals surface area contributed by atoms with E-state index in [-0.39, 0.29) is 5.78 Å². The monoisotopic (exact) mass is 276 g/mol. The van der Waals surface area contributed by atoms with Gasteiger partial charge in [0.25, 0.3) is 0 Å². The molecule has 0 aliphatic rings. The van der Waals surface area contributed by atoms with Crippen LogP contribution in [0.15, 0.2) is 24.3 Å². The number of aromatic nitrogens is 2. The van der Waals surface area contributed by atoms with Crippen molar-refractivity contribution in [3.63, 3.8) is 0 Å². The van der Waals surface area contributed by atoms with E-state index in [4.69, 9.17) is 4.74 Å². The Bertz CT molecular complexity index is 605. The minimum atomic E-state index is -0.470. The van der Waals surface area contributed by atoms with Gasteiger partial charge in [0.15, 0.2) is 10.7 Å². The molecule has 2 aromatic rings. The number of carbonyl (C=O) groups excluding carboxylic acids is 2. The maximum atomic E-state index is 11.9. The summed E-state index contributed by atoms with van der Waals surface area (Å²) in [7, 11) is 0. The first-order valence-electron chi connectivity index (χ1n) is 5.76. The van der Waals surface area contributed by atoms with E-state index in [0.717, 1.165) is 11.5 Å². The van der Waals surface area contributed by atoms with Crippen LogP contribution in [0.3, 0.4) is 0 Å². The second kappa shape index (κ2) is 5.71. The van der Waals surface area contributed by atoms with Crippen LogP contribution in [0.25, 0.3) is 0 Å². The van der Waals surface area contributed by atoms with Gasteiger partial charge in [0.1, 0.15) is 5.75 Å². The van der Waals surface area contributed by atoms with Gasteiger partial charge < -0.3 is 4.74 Å². The van der Waals surface area contributed by atoms with Crippen molar-refractivity contribution >= 4 is 23.3 Å². The quantitative estimate of drug-likeness (QED) is 0.487. The molecule has 0 saturated carbocycles. The molecular weight excluding hydrogens is 264 g/mol. The average molecular weight is 276 g/mol. The van der Waals surface area contributed by atoms with Crippen LogP contribution in [-0.4, -0.2) is 21.3 Å². The van der Waals surface area contributed by atoms with Crippen LogP contribution >= 0.6 is 11.5 Å². The zero-order valence-electron chi connectivity index (χ0n) is 10.5. The highest BCUT2D eigenvalue weighted by Crippen LogP contribution is 2.17. The second-order valence-electron chi connectivity index (χ2n) is 3.87. The fraction of sp³-hybridized carbons (Fsp3) is 0.231. The molecule has 5 nitrogen and oxygen atoms in total. The Hall–Kier alpha value is -2.08. The lowest BCUT2D eigenvalue weighted by Gasteiger charge is -2.03. The van der Waals surface area contributed by atoms with Gasteiger partial charge in [-0.25, -0.2) is 4.79 Å². The van der Waals surface area contributed by atoms with Gasteiger partial charge in [-0.05, 0) is 49.1 Å². The summed E-state index contributed by atoms with van der Waals surface area (Å²) < 4.78 is 8.96. The van der Waals surface area contributed by atoms with Crippen LogP contribution in [0.1, 0.15) is 39.6 Å². The van der Waals surface area contributed by atoms with Crippen LogP contribution in [0, 0.1) is 0 Å². The average Bonchev–Trinajstić information content (AvgIpc) is 2.87. The molecule has 0 saturated heterocycles. The zero-order chi connectivity index (χ0) is 13.8.